The summed E-state index contributed by atoms with van der Waals surface area (Å²) in [5.74, 6) is -1.64. The van der Waals surface area contributed by atoms with Gasteiger partial charge in [-0.2, -0.15) is 13.2 Å². The zero-order valence-corrected chi connectivity index (χ0v) is 20.8. The lowest BCUT2D eigenvalue weighted by Gasteiger charge is -2.13. The Morgan fingerprint density at radius 2 is 1.82 bits per heavy atom. The number of thioether (sulfide) groups is 1. The number of rotatable bonds is 7. The van der Waals surface area contributed by atoms with E-state index in [2.05, 4.69) is 5.32 Å². The summed E-state index contributed by atoms with van der Waals surface area (Å²) in [6.07, 6.45) is -3.18. The standard InChI is InChI=1S/C26H17ClF4N2O4S/c27-20-10-15(7-8-21(20)37-14-16-3-1-5-18(28)9-16)11-22-24(35)33(25(36)38-22)13-23(34)32-19-6-2-4-17(12-19)26(29,30)31/h1-12H,13-14H2,(H,32,34)/b22-11-. The molecule has 1 heterocycles. The Kier molecular flexibility index (Phi) is 8.08. The van der Waals surface area contributed by atoms with Crippen LogP contribution in [0.4, 0.5) is 28.0 Å². The first-order valence-electron chi connectivity index (χ1n) is 10.9. The van der Waals surface area contributed by atoms with Crippen molar-refractivity contribution < 1.29 is 36.7 Å². The summed E-state index contributed by atoms with van der Waals surface area (Å²) in [4.78, 5) is 38.1. The number of anilines is 1. The van der Waals surface area contributed by atoms with Gasteiger partial charge in [0.1, 0.15) is 24.7 Å². The van der Waals surface area contributed by atoms with Crippen molar-refractivity contribution in [2.75, 3.05) is 11.9 Å². The average Bonchev–Trinajstić information content (AvgIpc) is 3.10. The smallest absolute Gasteiger partial charge is 0.416 e. The van der Waals surface area contributed by atoms with Gasteiger partial charge in [-0.05, 0) is 71.4 Å². The summed E-state index contributed by atoms with van der Waals surface area (Å²) >= 11 is 6.88. The third-order valence-electron chi connectivity index (χ3n) is 5.19. The van der Waals surface area contributed by atoms with E-state index in [0.29, 0.717) is 33.5 Å². The van der Waals surface area contributed by atoms with Crippen LogP contribution in [-0.4, -0.2) is 28.5 Å². The highest BCUT2D eigenvalue weighted by Gasteiger charge is 2.36. The maximum Gasteiger partial charge on any atom is 0.416 e. The molecule has 1 saturated heterocycles. The zero-order valence-electron chi connectivity index (χ0n) is 19.2. The van der Waals surface area contributed by atoms with Crippen molar-refractivity contribution in [2.45, 2.75) is 12.8 Å². The van der Waals surface area contributed by atoms with Crippen LogP contribution in [0.3, 0.4) is 0 Å². The first-order valence-corrected chi connectivity index (χ1v) is 12.1. The first-order chi connectivity index (χ1) is 18.0. The second kappa shape index (κ2) is 11.3. The molecule has 6 nitrogen and oxygen atoms in total. The Labute approximate surface area is 223 Å². The largest absolute Gasteiger partial charge is 0.487 e. The SMILES string of the molecule is O=C(CN1C(=O)S/C(=C\c2ccc(OCc3cccc(F)c3)c(Cl)c2)C1=O)Nc1cccc(C(F)(F)F)c1. The van der Waals surface area contributed by atoms with Crippen LogP contribution in [0.25, 0.3) is 6.08 Å². The molecule has 38 heavy (non-hydrogen) atoms. The van der Waals surface area contributed by atoms with Gasteiger partial charge in [0.25, 0.3) is 11.1 Å². The topological polar surface area (TPSA) is 75.7 Å². The van der Waals surface area contributed by atoms with Gasteiger partial charge in [0.05, 0.1) is 15.5 Å². The molecule has 1 fully saturated rings. The van der Waals surface area contributed by atoms with Crippen molar-refractivity contribution in [3.63, 3.8) is 0 Å². The number of ether oxygens (including phenoxy) is 1. The van der Waals surface area contributed by atoms with Gasteiger partial charge < -0.3 is 10.1 Å². The number of imide groups is 1. The molecule has 0 radical (unpaired) electrons. The Bertz CT molecular complexity index is 1440. The number of benzene rings is 3. The Hall–Kier alpha value is -3.83. The minimum absolute atomic E-state index is 0.0337. The first kappa shape index (κ1) is 27.2. The lowest BCUT2D eigenvalue weighted by atomic mass is 10.2. The lowest BCUT2D eigenvalue weighted by molar-refractivity contribution is -0.137. The summed E-state index contributed by atoms with van der Waals surface area (Å²) in [5, 5.41) is 1.77. The molecule has 12 heteroatoms. The average molecular weight is 565 g/mol. The van der Waals surface area contributed by atoms with Gasteiger partial charge in [-0.15, -0.1) is 0 Å². The number of nitrogens with zero attached hydrogens (tertiary/aromatic N) is 1. The van der Waals surface area contributed by atoms with E-state index < -0.39 is 41.2 Å². The van der Waals surface area contributed by atoms with E-state index in [1.807, 2.05) is 0 Å². The zero-order chi connectivity index (χ0) is 27.4. The van der Waals surface area contributed by atoms with Crippen LogP contribution < -0.4 is 10.1 Å². The van der Waals surface area contributed by atoms with Gasteiger partial charge in [0.15, 0.2) is 0 Å². The Morgan fingerprint density at radius 3 is 2.53 bits per heavy atom. The molecule has 1 aliphatic rings. The van der Waals surface area contributed by atoms with Crippen molar-refractivity contribution >= 4 is 52.2 Å². The predicted molar refractivity (Wildman–Crippen MR) is 135 cm³/mol. The van der Waals surface area contributed by atoms with Crippen LogP contribution in [-0.2, 0) is 22.4 Å². The fraction of sp³-hybridized carbons (Fsp3) is 0.115. The molecule has 4 rings (SSSR count). The molecule has 196 valence electrons. The number of carbonyl (C=O) groups is 3. The molecule has 1 aliphatic heterocycles. The van der Waals surface area contributed by atoms with E-state index in [9.17, 15) is 31.9 Å². The third kappa shape index (κ3) is 6.73. The van der Waals surface area contributed by atoms with Gasteiger partial charge in [-0.3, -0.25) is 19.3 Å². The van der Waals surface area contributed by atoms with Crippen molar-refractivity contribution in [3.8, 4) is 5.75 Å². The fourth-order valence-corrected chi connectivity index (χ4v) is 4.50. The van der Waals surface area contributed by atoms with E-state index in [0.717, 1.165) is 18.2 Å². The Balaban J connectivity index is 1.39. The quantitative estimate of drug-likeness (QED) is 0.254. The minimum Gasteiger partial charge on any atom is -0.487 e. The molecule has 0 spiro atoms. The monoisotopic (exact) mass is 564 g/mol. The number of halogens is 5. The van der Waals surface area contributed by atoms with Crippen LogP contribution in [0.5, 0.6) is 5.75 Å². The summed E-state index contributed by atoms with van der Waals surface area (Å²) in [7, 11) is 0. The Morgan fingerprint density at radius 1 is 1.05 bits per heavy atom. The van der Waals surface area contributed by atoms with Gasteiger partial charge in [-0.1, -0.05) is 35.9 Å². The molecule has 1 N–H and O–H groups in total. The van der Waals surface area contributed by atoms with E-state index in [-0.39, 0.29) is 22.2 Å². The normalized spacial score (nSPS) is 14.8. The summed E-state index contributed by atoms with van der Waals surface area (Å²) in [6, 6.07) is 14.6. The molecule has 3 aromatic carbocycles. The van der Waals surface area contributed by atoms with Crippen LogP contribution in [0.1, 0.15) is 16.7 Å². The summed E-state index contributed by atoms with van der Waals surface area (Å²) < 4.78 is 57.6. The van der Waals surface area contributed by atoms with Crippen molar-refractivity contribution in [2.24, 2.45) is 0 Å². The van der Waals surface area contributed by atoms with Gasteiger partial charge >= 0.3 is 6.18 Å². The minimum atomic E-state index is -4.59. The highest BCUT2D eigenvalue weighted by molar-refractivity contribution is 8.18. The molecule has 0 atom stereocenters. The molecule has 0 unspecified atom stereocenters. The van der Waals surface area contributed by atoms with Crippen molar-refractivity contribution in [1.29, 1.82) is 0 Å². The second-order valence-electron chi connectivity index (χ2n) is 8.00. The number of carbonyl (C=O) groups excluding carboxylic acids is 3. The van der Waals surface area contributed by atoms with E-state index in [1.165, 1.54) is 30.3 Å². The summed E-state index contributed by atoms with van der Waals surface area (Å²) in [5.41, 5.74) is 0.0121. The molecular formula is C26H17ClF4N2O4S. The molecule has 0 bridgehead atoms. The van der Waals surface area contributed by atoms with Gasteiger partial charge in [0.2, 0.25) is 5.91 Å². The highest BCUT2D eigenvalue weighted by atomic mass is 35.5. The second-order valence-corrected chi connectivity index (χ2v) is 9.40. The van der Waals surface area contributed by atoms with Crippen LogP contribution >= 0.6 is 23.4 Å². The fourth-order valence-electron chi connectivity index (χ4n) is 3.42. The van der Waals surface area contributed by atoms with E-state index in [1.54, 1.807) is 24.3 Å². The van der Waals surface area contributed by atoms with Gasteiger partial charge in [0, 0.05) is 5.69 Å². The maximum atomic E-state index is 13.3. The van der Waals surface area contributed by atoms with Gasteiger partial charge in [-0.25, -0.2) is 4.39 Å². The highest BCUT2D eigenvalue weighted by Crippen LogP contribution is 2.34. The maximum absolute atomic E-state index is 13.3. The molecule has 3 aromatic rings. The van der Waals surface area contributed by atoms with E-state index in [4.69, 9.17) is 16.3 Å². The molecule has 0 aliphatic carbocycles. The molecule has 0 saturated carbocycles. The van der Waals surface area contributed by atoms with Crippen LogP contribution in [0.15, 0.2) is 71.6 Å². The molecular weight excluding hydrogens is 548 g/mol. The number of hydrogen-bond acceptors (Lipinski definition) is 5. The van der Waals surface area contributed by atoms with Crippen molar-refractivity contribution in [3.05, 3.63) is 99.2 Å². The van der Waals surface area contributed by atoms with E-state index >= 15 is 0 Å². The van der Waals surface area contributed by atoms with Crippen molar-refractivity contribution in [1.82, 2.24) is 4.90 Å². The molecule has 0 aromatic heterocycles. The molecule has 3 amide bonds. The lowest BCUT2D eigenvalue weighted by Crippen LogP contribution is -2.36. The number of nitrogens with one attached hydrogen (secondary N) is 1. The third-order valence-corrected chi connectivity index (χ3v) is 6.39. The number of hydrogen-bond donors (Lipinski definition) is 1. The van der Waals surface area contributed by atoms with Crippen LogP contribution in [0, 0.1) is 5.82 Å². The summed E-state index contributed by atoms with van der Waals surface area (Å²) in [6.45, 7) is -0.593. The number of amides is 3. The van der Waals surface area contributed by atoms with Crippen LogP contribution in [0.2, 0.25) is 5.02 Å². The predicted octanol–water partition coefficient (Wildman–Crippen LogP) is 6.75. The number of alkyl halides is 3.